The molecule has 1 atom stereocenters. The summed E-state index contributed by atoms with van der Waals surface area (Å²) in [6.07, 6.45) is 6.57. The second kappa shape index (κ2) is 11.9. The summed E-state index contributed by atoms with van der Waals surface area (Å²) in [4.78, 5) is 9.79. The monoisotopic (exact) mass is 441 g/mol. The number of nitrogens with one attached hydrogen (secondary N) is 2. The molecule has 0 spiro atoms. The van der Waals surface area contributed by atoms with Crippen LogP contribution in [-0.2, 0) is 4.74 Å². The summed E-state index contributed by atoms with van der Waals surface area (Å²) in [5.41, 5.74) is -0.585. The number of morpholine rings is 1. The van der Waals surface area contributed by atoms with Crippen molar-refractivity contribution in [3.8, 4) is 0 Å². The fraction of sp³-hybridized carbons (Fsp3) is 0.955. The van der Waals surface area contributed by atoms with Crippen LogP contribution in [0.3, 0.4) is 0 Å². The number of ether oxygens (including phenoxy) is 1. The summed E-state index contributed by atoms with van der Waals surface area (Å²) in [5, 5.41) is 17.9. The maximum Gasteiger partial charge on any atom is 0.191 e. The second-order valence-corrected chi connectivity index (χ2v) is 10.5. The molecule has 0 bridgehead atoms. The SMILES string of the molecule is CCNC(=NCC(C)(O)CN1CCOCC1)NCC1(N2CCSCC2)CCCCC1. The van der Waals surface area contributed by atoms with Gasteiger partial charge < -0.3 is 20.5 Å². The van der Waals surface area contributed by atoms with Gasteiger partial charge in [-0.15, -0.1) is 0 Å². The van der Waals surface area contributed by atoms with Crippen LogP contribution in [0.4, 0.5) is 0 Å². The van der Waals surface area contributed by atoms with E-state index in [1.807, 2.05) is 6.92 Å². The molecule has 0 aromatic rings. The number of aliphatic hydroxyl groups is 1. The van der Waals surface area contributed by atoms with Crippen molar-refractivity contribution < 1.29 is 9.84 Å². The lowest BCUT2D eigenvalue weighted by molar-refractivity contribution is -0.0180. The number of rotatable bonds is 8. The van der Waals surface area contributed by atoms with E-state index in [9.17, 15) is 5.11 Å². The molecule has 7 nitrogen and oxygen atoms in total. The molecule has 0 aromatic carbocycles. The zero-order valence-corrected chi connectivity index (χ0v) is 19.9. The van der Waals surface area contributed by atoms with Crippen molar-refractivity contribution in [2.45, 2.75) is 57.1 Å². The van der Waals surface area contributed by atoms with Crippen molar-refractivity contribution in [3.05, 3.63) is 0 Å². The Morgan fingerprint density at radius 3 is 2.47 bits per heavy atom. The van der Waals surface area contributed by atoms with Crippen molar-refractivity contribution in [1.82, 2.24) is 20.4 Å². The van der Waals surface area contributed by atoms with Gasteiger partial charge in [0.15, 0.2) is 5.96 Å². The first-order chi connectivity index (χ1) is 14.5. The Morgan fingerprint density at radius 1 is 1.10 bits per heavy atom. The number of guanidine groups is 1. The lowest BCUT2D eigenvalue weighted by Crippen LogP contribution is -2.60. The maximum atomic E-state index is 10.9. The van der Waals surface area contributed by atoms with Gasteiger partial charge in [0.25, 0.3) is 0 Å². The standard InChI is InChI=1S/C22H43N5O2S/c1-3-23-20(24-17-21(2,28)19-26-9-13-29-14-10-26)25-18-22(7-5-4-6-8-22)27-11-15-30-16-12-27/h28H,3-19H2,1-2H3,(H2,23,24,25). The van der Waals surface area contributed by atoms with Crippen LogP contribution in [0.1, 0.15) is 46.0 Å². The predicted molar refractivity (Wildman–Crippen MR) is 127 cm³/mol. The molecule has 30 heavy (non-hydrogen) atoms. The molecule has 2 saturated heterocycles. The summed E-state index contributed by atoms with van der Waals surface area (Å²) in [5.74, 6) is 3.33. The van der Waals surface area contributed by atoms with E-state index in [1.165, 1.54) is 56.7 Å². The van der Waals surface area contributed by atoms with Gasteiger partial charge in [0.05, 0.1) is 25.4 Å². The zero-order chi connectivity index (χ0) is 21.3. The molecule has 2 aliphatic heterocycles. The molecule has 1 unspecified atom stereocenters. The number of aliphatic imine (C=N–C) groups is 1. The molecule has 0 amide bonds. The van der Waals surface area contributed by atoms with Gasteiger partial charge in [-0.1, -0.05) is 19.3 Å². The Labute approximate surface area is 187 Å². The van der Waals surface area contributed by atoms with Gasteiger partial charge in [0.1, 0.15) is 0 Å². The van der Waals surface area contributed by atoms with Gasteiger partial charge in [0.2, 0.25) is 0 Å². The van der Waals surface area contributed by atoms with E-state index in [-0.39, 0.29) is 5.54 Å². The van der Waals surface area contributed by atoms with Crippen LogP contribution in [-0.4, -0.2) is 109 Å². The highest BCUT2D eigenvalue weighted by atomic mass is 32.2. The number of hydrogen-bond acceptors (Lipinski definition) is 6. The average molecular weight is 442 g/mol. The van der Waals surface area contributed by atoms with Crippen LogP contribution < -0.4 is 10.6 Å². The van der Waals surface area contributed by atoms with Gasteiger partial charge in [-0.25, -0.2) is 0 Å². The Morgan fingerprint density at radius 2 is 1.80 bits per heavy atom. The predicted octanol–water partition coefficient (Wildman–Crippen LogP) is 1.38. The molecule has 1 aliphatic carbocycles. The Balaban J connectivity index is 1.58. The quantitative estimate of drug-likeness (QED) is 0.388. The fourth-order valence-electron chi connectivity index (χ4n) is 4.98. The van der Waals surface area contributed by atoms with Gasteiger partial charge in [-0.3, -0.25) is 14.8 Å². The van der Waals surface area contributed by atoms with Crippen molar-refractivity contribution in [2.24, 2.45) is 4.99 Å². The van der Waals surface area contributed by atoms with Crippen molar-refractivity contribution >= 4 is 17.7 Å². The number of β-amino-alcohol motifs (C(OH)–C–C–N with tert-alkyl or cyclic N) is 1. The molecule has 0 radical (unpaired) electrons. The normalized spacial score (nSPS) is 26.2. The van der Waals surface area contributed by atoms with Crippen LogP contribution in [0.25, 0.3) is 0 Å². The first-order valence-corrected chi connectivity index (χ1v) is 13.1. The van der Waals surface area contributed by atoms with Gasteiger partial charge in [-0.05, 0) is 26.7 Å². The first-order valence-electron chi connectivity index (χ1n) is 11.9. The summed E-state index contributed by atoms with van der Waals surface area (Å²) < 4.78 is 5.42. The summed E-state index contributed by atoms with van der Waals surface area (Å²) >= 11 is 2.08. The first kappa shape index (κ1) is 24.1. The van der Waals surface area contributed by atoms with Crippen molar-refractivity contribution in [1.29, 1.82) is 0 Å². The number of thioether (sulfide) groups is 1. The van der Waals surface area contributed by atoms with Crippen LogP contribution in [0.2, 0.25) is 0 Å². The van der Waals surface area contributed by atoms with E-state index in [1.54, 1.807) is 0 Å². The summed E-state index contributed by atoms with van der Waals surface area (Å²) in [6, 6.07) is 0. The molecular weight excluding hydrogens is 398 g/mol. The van der Waals surface area contributed by atoms with Crippen LogP contribution in [0.5, 0.6) is 0 Å². The summed E-state index contributed by atoms with van der Waals surface area (Å²) in [6.45, 7) is 12.5. The lowest BCUT2D eigenvalue weighted by Gasteiger charge is -2.48. The van der Waals surface area contributed by atoms with Crippen LogP contribution >= 0.6 is 11.8 Å². The van der Waals surface area contributed by atoms with Gasteiger partial charge >= 0.3 is 0 Å². The molecule has 0 aromatic heterocycles. The Kier molecular flexibility index (Phi) is 9.57. The van der Waals surface area contributed by atoms with E-state index < -0.39 is 5.60 Å². The molecular formula is C22H43N5O2S. The smallest absolute Gasteiger partial charge is 0.191 e. The Bertz CT molecular complexity index is 528. The van der Waals surface area contributed by atoms with Gasteiger partial charge in [-0.2, -0.15) is 11.8 Å². The highest BCUT2D eigenvalue weighted by Gasteiger charge is 2.38. The molecule has 2 heterocycles. The maximum absolute atomic E-state index is 10.9. The van der Waals surface area contributed by atoms with Crippen molar-refractivity contribution in [3.63, 3.8) is 0 Å². The Hall–Kier alpha value is -0.540. The summed E-state index contributed by atoms with van der Waals surface area (Å²) in [7, 11) is 0. The molecule has 1 saturated carbocycles. The average Bonchev–Trinajstić information content (AvgIpc) is 2.77. The van der Waals surface area contributed by atoms with E-state index in [2.05, 4.69) is 39.1 Å². The minimum absolute atomic E-state index is 0.256. The van der Waals surface area contributed by atoms with E-state index in [0.29, 0.717) is 13.1 Å². The van der Waals surface area contributed by atoms with Gasteiger partial charge in [0, 0.05) is 62.9 Å². The van der Waals surface area contributed by atoms with Crippen LogP contribution in [0, 0.1) is 0 Å². The molecule has 3 rings (SSSR count). The van der Waals surface area contributed by atoms with E-state index in [0.717, 1.165) is 45.4 Å². The third kappa shape index (κ3) is 7.26. The van der Waals surface area contributed by atoms with Crippen LogP contribution in [0.15, 0.2) is 4.99 Å². The number of hydrogen-bond donors (Lipinski definition) is 3. The lowest BCUT2D eigenvalue weighted by atomic mass is 9.80. The molecule has 3 N–H and O–H groups in total. The molecule has 174 valence electrons. The third-order valence-electron chi connectivity index (χ3n) is 6.64. The third-order valence-corrected chi connectivity index (χ3v) is 7.58. The minimum atomic E-state index is -0.841. The topological polar surface area (TPSA) is 72.4 Å². The largest absolute Gasteiger partial charge is 0.387 e. The highest BCUT2D eigenvalue weighted by molar-refractivity contribution is 7.99. The fourth-order valence-corrected chi connectivity index (χ4v) is 5.89. The van der Waals surface area contributed by atoms with Crippen molar-refractivity contribution in [2.75, 3.05) is 77.1 Å². The zero-order valence-electron chi connectivity index (χ0n) is 19.1. The minimum Gasteiger partial charge on any atom is -0.387 e. The molecule has 3 aliphatic rings. The molecule has 3 fully saturated rings. The number of nitrogens with zero attached hydrogens (tertiary/aromatic N) is 3. The molecule has 8 heteroatoms. The second-order valence-electron chi connectivity index (χ2n) is 9.32. The highest BCUT2D eigenvalue weighted by Crippen LogP contribution is 2.34. The van der Waals surface area contributed by atoms with E-state index >= 15 is 0 Å². The van der Waals surface area contributed by atoms with E-state index in [4.69, 9.17) is 9.73 Å².